The molecule has 70 valence electrons. The monoisotopic (exact) mass is 192 g/mol. The van der Waals surface area contributed by atoms with E-state index in [1.54, 1.807) is 0 Å². The lowest BCUT2D eigenvalue weighted by Gasteiger charge is -1.99. The lowest BCUT2D eigenvalue weighted by molar-refractivity contribution is 0.584. The summed E-state index contributed by atoms with van der Waals surface area (Å²) < 4.78 is 25.3. The first-order chi connectivity index (χ1) is 6.75. The number of hydrogen-bond donors (Lipinski definition) is 0. The molecule has 14 heavy (non-hydrogen) atoms. The molecule has 0 spiro atoms. The summed E-state index contributed by atoms with van der Waals surface area (Å²) in [5.74, 6) is -0.982. The van der Waals surface area contributed by atoms with Crippen molar-refractivity contribution in [3.8, 4) is 11.1 Å². The Bertz CT molecular complexity index is 440. The number of pyridine rings is 2. The van der Waals surface area contributed by atoms with Crippen molar-refractivity contribution in [2.45, 2.75) is 0 Å². The first-order valence-electron chi connectivity index (χ1n) is 3.98. The van der Waals surface area contributed by atoms with Crippen LogP contribution in [0.1, 0.15) is 0 Å². The maximum Gasteiger partial charge on any atom is 0.212 e. The summed E-state index contributed by atoms with van der Waals surface area (Å²) in [6, 6.07) is 4.07. The lowest BCUT2D eigenvalue weighted by Crippen LogP contribution is -1.86. The van der Waals surface area contributed by atoms with Crippen LogP contribution in [0.2, 0.25) is 0 Å². The molecule has 0 unspecified atom stereocenters. The zero-order chi connectivity index (χ0) is 9.97. The first-order valence-corrected chi connectivity index (χ1v) is 3.98. The maximum absolute atomic E-state index is 12.8. The Morgan fingerprint density at radius 1 is 0.929 bits per heavy atom. The summed E-state index contributed by atoms with van der Waals surface area (Å²) in [5, 5.41) is 0. The van der Waals surface area contributed by atoms with Crippen molar-refractivity contribution in [1.82, 2.24) is 9.97 Å². The molecule has 0 atom stereocenters. The molecule has 2 aromatic heterocycles. The molecule has 0 aliphatic carbocycles. The van der Waals surface area contributed by atoms with E-state index in [-0.39, 0.29) is 0 Å². The van der Waals surface area contributed by atoms with Crippen molar-refractivity contribution < 1.29 is 8.78 Å². The van der Waals surface area contributed by atoms with Gasteiger partial charge >= 0.3 is 0 Å². The van der Waals surface area contributed by atoms with Crippen molar-refractivity contribution in [3.63, 3.8) is 0 Å². The van der Waals surface area contributed by atoms with Gasteiger partial charge in [-0.15, -0.1) is 0 Å². The summed E-state index contributed by atoms with van der Waals surface area (Å²) in [7, 11) is 0. The molecular formula is C10H6F2N2. The third-order valence-corrected chi connectivity index (χ3v) is 1.77. The van der Waals surface area contributed by atoms with Crippen molar-refractivity contribution >= 4 is 0 Å². The third kappa shape index (κ3) is 1.74. The van der Waals surface area contributed by atoms with Gasteiger partial charge in [0.1, 0.15) is 5.82 Å². The smallest absolute Gasteiger partial charge is 0.212 e. The molecule has 0 bridgehead atoms. The second-order valence-corrected chi connectivity index (χ2v) is 2.76. The zero-order valence-electron chi connectivity index (χ0n) is 7.11. The average Bonchev–Trinajstić information content (AvgIpc) is 2.19. The Morgan fingerprint density at radius 3 is 2.43 bits per heavy atom. The van der Waals surface area contributed by atoms with Crippen LogP contribution in [-0.4, -0.2) is 9.97 Å². The summed E-state index contributed by atoms with van der Waals surface area (Å²) in [5.41, 5.74) is 1.22. The Labute approximate surface area is 79.3 Å². The molecule has 0 aromatic carbocycles. The second-order valence-electron chi connectivity index (χ2n) is 2.76. The molecular weight excluding hydrogens is 186 g/mol. The van der Waals surface area contributed by atoms with Gasteiger partial charge in [0.15, 0.2) is 0 Å². The van der Waals surface area contributed by atoms with Crippen LogP contribution in [0, 0.1) is 11.8 Å². The number of nitrogens with zero attached hydrogens (tertiary/aromatic N) is 2. The van der Waals surface area contributed by atoms with Crippen molar-refractivity contribution in [3.05, 3.63) is 48.6 Å². The van der Waals surface area contributed by atoms with E-state index in [4.69, 9.17) is 0 Å². The van der Waals surface area contributed by atoms with Crippen LogP contribution >= 0.6 is 0 Å². The standard InChI is InChI=1S/C10H6F2N2/c11-9-3-8(4-13-6-9)7-1-2-10(12)14-5-7/h1-6H. The SMILES string of the molecule is Fc1cncc(-c2ccc(F)nc2)c1. The Balaban J connectivity index is 2.44. The van der Waals surface area contributed by atoms with Crippen LogP contribution < -0.4 is 0 Å². The molecule has 0 saturated carbocycles. The quantitative estimate of drug-likeness (QED) is 0.648. The van der Waals surface area contributed by atoms with Crippen molar-refractivity contribution in [1.29, 1.82) is 0 Å². The largest absolute Gasteiger partial charge is 0.261 e. The molecule has 2 aromatic rings. The van der Waals surface area contributed by atoms with E-state index in [1.807, 2.05) is 0 Å². The average molecular weight is 192 g/mol. The predicted molar refractivity (Wildman–Crippen MR) is 47.4 cm³/mol. The van der Waals surface area contributed by atoms with Gasteiger partial charge in [0.2, 0.25) is 5.95 Å². The van der Waals surface area contributed by atoms with Crippen LogP contribution in [0.5, 0.6) is 0 Å². The van der Waals surface area contributed by atoms with Crippen LogP contribution in [-0.2, 0) is 0 Å². The van der Waals surface area contributed by atoms with Crippen LogP contribution in [0.15, 0.2) is 36.8 Å². The molecule has 0 radical (unpaired) electrons. The van der Waals surface area contributed by atoms with E-state index in [1.165, 1.54) is 30.6 Å². The third-order valence-electron chi connectivity index (χ3n) is 1.77. The molecule has 4 heteroatoms. The first kappa shape index (κ1) is 8.74. The van der Waals surface area contributed by atoms with E-state index in [0.29, 0.717) is 11.1 Å². The van der Waals surface area contributed by atoms with Gasteiger partial charge in [0.05, 0.1) is 6.20 Å². The van der Waals surface area contributed by atoms with Gasteiger partial charge in [-0.05, 0) is 18.2 Å². The van der Waals surface area contributed by atoms with E-state index in [9.17, 15) is 8.78 Å². The topological polar surface area (TPSA) is 25.8 Å². The molecule has 0 aliphatic heterocycles. The highest BCUT2D eigenvalue weighted by atomic mass is 19.1. The summed E-state index contributed by atoms with van der Waals surface area (Å²) in [4.78, 5) is 7.15. The van der Waals surface area contributed by atoms with Crippen molar-refractivity contribution in [2.75, 3.05) is 0 Å². The molecule has 0 saturated heterocycles. The molecule has 2 nitrogen and oxygen atoms in total. The Morgan fingerprint density at radius 2 is 1.79 bits per heavy atom. The van der Waals surface area contributed by atoms with E-state index >= 15 is 0 Å². The Hall–Kier alpha value is -1.84. The van der Waals surface area contributed by atoms with Gasteiger partial charge in [0.25, 0.3) is 0 Å². The highest BCUT2D eigenvalue weighted by molar-refractivity contribution is 5.60. The number of halogens is 2. The van der Waals surface area contributed by atoms with Gasteiger partial charge in [0, 0.05) is 23.5 Å². The molecule has 2 heterocycles. The van der Waals surface area contributed by atoms with Gasteiger partial charge in [-0.3, -0.25) is 4.98 Å². The zero-order valence-corrected chi connectivity index (χ0v) is 7.11. The van der Waals surface area contributed by atoms with Gasteiger partial charge in [-0.2, -0.15) is 4.39 Å². The number of aromatic nitrogens is 2. The normalized spacial score (nSPS) is 10.1. The molecule has 2 rings (SSSR count). The molecule has 0 aliphatic rings. The van der Waals surface area contributed by atoms with Crippen LogP contribution in [0.3, 0.4) is 0 Å². The van der Waals surface area contributed by atoms with E-state index < -0.39 is 11.8 Å². The fourth-order valence-electron chi connectivity index (χ4n) is 1.12. The van der Waals surface area contributed by atoms with Gasteiger partial charge in [-0.25, -0.2) is 9.37 Å². The second kappa shape index (κ2) is 3.49. The lowest BCUT2D eigenvalue weighted by atomic mass is 10.1. The predicted octanol–water partition coefficient (Wildman–Crippen LogP) is 2.42. The minimum absolute atomic E-state index is 0.424. The summed E-state index contributed by atoms with van der Waals surface area (Å²) in [6.07, 6.45) is 3.95. The minimum atomic E-state index is -0.557. The van der Waals surface area contributed by atoms with Crippen LogP contribution in [0.4, 0.5) is 8.78 Å². The molecule has 0 fully saturated rings. The Kier molecular flexibility index (Phi) is 2.18. The highest BCUT2D eigenvalue weighted by Crippen LogP contribution is 2.17. The van der Waals surface area contributed by atoms with Crippen LogP contribution in [0.25, 0.3) is 11.1 Å². The molecule has 0 N–H and O–H groups in total. The molecule has 0 amide bonds. The van der Waals surface area contributed by atoms with E-state index in [2.05, 4.69) is 9.97 Å². The minimum Gasteiger partial charge on any atom is -0.261 e. The summed E-state index contributed by atoms with van der Waals surface area (Å²) in [6.45, 7) is 0. The van der Waals surface area contributed by atoms with Gasteiger partial charge in [-0.1, -0.05) is 0 Å². The summed E-state index contributed by atoms with van der Waals surface area (Å²) >= 11 is 0. The maximum atomic E-state index is 12.8. The number of hydrogen-bond acceptors (Lipinski definition) is 2. The van der Waals surface area contributed by atoms with Gasteiger partial charge < -0.3 is 0 Å². The van der Waals surface area contributed by atoms with E-state index in [0.717, 1.165) is 6.20 Å². The highest BCUT2D eigenvalue weighted by Gasteiger charge is 2.00. The van der Waals surface area contributed by atoms with Crippen molar-refractivity contribution in [2.24, 2.45) is 0 Å². The number of rotatable bonds is 1. The fraction of sp³-hybridized carbons (Fsp3) is 0. The fourth-order valence-corrected chi connectivity index (χ4v) is 1.12.